The molecular formula is C13H23N3O. The predicted molar refractivity (Wildman–Crippen MR) is 67.9 cm³/mol. The normalized spacial score (nSPS) is 22.2. The molecule has 1 N–H and O–H groups in total. The van der Waals surface area contributed by atoms with Gasteiger partial charge in [-0.25, -0.2) is 0 Å². The summed E-state index contributed by atoms with van der Waals surface area (Å²) in [6.07, 6.45) is 4.79. The van der Waals surface area contributed by atoms with Gasteiger partial charge in [-0.15, -0.1) is 0 Å². The number of rotatable bonds is 5. The van der Waals surface area contributed by atoms with Crippen LogP contribution in [-0.2, 0) is 11.3 Å². The van der Waals surface area contributed by atoms with Crippen molar-refractivity contribution in [2.75, 3.05) is 6.61 Å². The van der Waals surface area contributed by atoms with E-state index >= 15 is 0 Å². The molecule has 0 spiro atoms. The van der Waals surface area contributed by atoms with E-state index in [2.05, 4.69) is 37.3 Å². The maximum absolute atomic E-state index is 5.66. The Morgan fingerprint density at radius 2 is 2.35 bits per heavy atom. The lowest BCUT2D eigenvalue weighted by Crippen LogP contribution is -2.36. The van der Waals surface area contributed by atoms with Crippen molar-refractivity contribution >= 4 is 0 Å². The zero-order valence-corrected chi connectivity index (χ0v) is 11.0. The molecule has 1 fully saturated rings. The molecule has 0 amide bonds. The van der Waals surface area contributed by atoms with Gasteiger partial charge in [0, 0.05) is 31.4 Å². The second-order valence-electron chi connectivity index (χ2n) is 5.10. The van der Waals surface area contributed by atoms with E-state index in [1.54, 1.807) is 0 Å². The molecule has 2 unspecified atom stereocenters. The molecule has 1 aliphatic heterocycles. The Kier molecular flexibility index (Phi) is 4.18. The van der Waals surface area contributed by atoms with Gasteiger partial charge in [0.1, 0.15) is 0 Å². The van der Waals surface area contributed by atoms with E-state index in [1.807, 2.05) is 10.9 Å². The van der Waals surface area contributed by atoms with Crippen LogP contribution >= 0.6 is 0 Å². The SMILES string of the molecule is CC(NCc1ccn(C(C)C)n1)C1CCCO1. The lowest BCUT2D eigenvalue weighted by Gasteiger charge is -2.19. The minimum absolute atomic E-state index is 0.377. The minimum atomic E-state index is 0.377. The van der Waals surface area contributed by atoms with Crippen molar-refractivity contribution in [3.63, 3.8) is 0 Å². The van der Waals surface area contributed by atoms with Gasteiger partial charge < -0.3 is 10.1 Å². The van der Waals surface area contributed by atoms with Crippen molar-refractivity contribution < 1.29 is 4.74 Å². The molecule has 1 saturated heterocycles. The Bertz CT molecular complexity index is 342. The van der Waals surface area contributed by atoms with E-state index in [4.69, 9.17) is 4.74 Å². The molecule has 2 heterocycles. The van der Waals surface area contributed by atoms with Crippen LogP contribution in [0.2, 0.25) is 0 Å². The largest absolute Gasteiger partial charge is 0.377 e. The van der Waals surface area contributed by atoms with Crippen LogP contribution in [0.4, 0.5) is 0 Å². The quantitative estimate of drug-likeness (QED) is 0.852. The second-order valence-corrected chi connectivity index (χ2v) is 5.10. The lowest BCUT2D eigenvalue weighted by molar-refractivity contribution is 0.0830. The fourth-order valence-electron chi connectivity index (χ4n) is 2.15. The molecule has 17 heavy (non-hydrogen) atoms. The van der Waals surface area contributed by atoms with E-state index in [9.17, 15) is 0 Å². The summed E-state index contributed by atoms with van der Waals surface area (Å²) in [7, 11) is 0. The summed E-state index contributed by atoms with van der Waals surface area (Å²) < 4.78 is 7.65. The first-order valence-corrected chi connectivity index (χ1v) is 6.56. The summed E-state index contributed by atoms with van der Waals surface area (Å²) in [4.78, 5) is 0. The van der Waals surface area contributed by atoms with Gasteiger partial charge in [0.25, 0.3) is 0 Å². The van der Waals surface area contributed by atoms with Gasteiger partial charge >= 0.3 is 0 Å². The first-order chi connectivity index (χ1) is 8.16. The first kappa shape index (κ1) is 12.6. The van der Waals surface area contributed by atoms with Crippen LogP contribution in [-0.4, -0.2) is 28.5 Å². The third kappa shape index (κ3) is 3.30. The standard InChI is InChI=1S/C13H23N3O/c1-10(2)16-7-6-12(15-16)9-14-11(3)13-5-4-8-17-13/h6-7,10-11,13-14H,4-5,8-9H2,1-3H3. The molecule has 0 aromatic carbocycles. The fourth-order valence-corrected chi connectivity index (χ4v) is 2.15. The van der Waals surface area contributed by atoms with Crippen molar-refractivity contribution in [3.05, 3.63) is 18.0 Å². The van der Waals surface area contributed by atoms with Crippen LogP contribution in [0.25, 0.3) is 0 Å². The van der Waals surface area contributed by atoms with Gasteiger partial charge in [-0.3, -0.25) is 4.68 Å². The molecule has 1 aromatic rings. The topological polar surface area (TPSA) is 39.1 Å². The van der Waals surface area contributed by atoms with E-state index in [1.165, 1.54) is 12.8 Å². The van der Waals surface area contributed by atoms with Crippen LogP contribution in [0.15, 0.2) is 12.3 Å². The molecule has 2 atom stereocenters. The Morgan fingerprint density at radius 1 is 1.53 bits per heavy atom. The summed E-state index contributed by atoms with van der Waals surface area (Å²) in [6.45, 7) is 8.20. The van der Waals surface area contributed by atoms with Gasteiger partial charge in [0.2, 0.25) is 0 Å². The summed E-state index contributed by atoms with van der Waals surface area (Å²) >= 11 is 0. The highest BCUT2D eigenvalue weighted by Crippen LogP contribution is 2.15. The van der Waals surface area contributed by atoms with Crippen LogP contribution in [0.1, 0.15) is 45.3 Å². The monoisotopic (exact) mass is 237 g/mol. The van der Waals surface area contributed by atoms with Gasteiger partial charge in [0.05, 0.1) is 11.8 Å². The van der Waals surface area contributed by atoms with Crippen molar-refractivity contribution in [2.45, 2.75) is 58.3 Å². The summed E-state index contributed by atoms with van der Waals surface area (Å²) in [5.41, 5.74) is 1.10. The molecule has 0 saturated carbocycles. The second kappa shape index (κ2) is 5.65. The Morgan fingerprint density at radius 3 is 2.94 bits per heavy atom. The zero-order valence-electron chi connectivity index (χ0n) is 11.0. The van der Waals surface area contributed by atoms with Crippen molar-refractivity contribution in [1.82, 2.24) is 15.1 Å². The minimum Gasteiger partial charge on any atom is -0.377 e. The third-order valence-corrected chi connectivity index (χ3v) is 3.32. The van der Waals surface area contributed by atoms with Gasteiger partial charge in [-0.1, -0.05) is 0 Å². The number of ether oxygens (including phenoxy) is 1. The number of hydrogen-bond donors (Lipinski definition) is 1. The van der Waals surface area contributed by atoms with Gasteiger partial charge in [-0.2, -0.15) is 5.10 Å². The summed E-state index contributed by atoms with van der Waals surface area (Å²) in [5, 5.41) is 8.01. The Hall–Kier alpha value is -0.870. The highest BCUT2D eigenvalue weighted by molar-refractivity contribution is 4.99. The zero-order chi connectivity index (χ0) is 12.3. The molecule has 96 valence electrons. The predicted octanol–water partition coefficient (Wildman–Crippen LogP) is 2.12. The molecule has 4 heteroatoms. The number of nitrogens with one attached hydrogen (secondary N) is 1. The lowest BCUT2D eigenvalue weighted by atomic mass is 10.1. The summed E-state index contributed by atoms with van der Waals surface area (Å²) in [6, 6.07) is 2.91. The molecule has 1 aliphatic rings. The highest BCUT2D eigenvalue weighted by Gasteiger charge is 2.21. The highest BCUT2D eigenvalue weighted by atomic mass is 16.5. The fraction of sp³-hybridized carbons (Fsp3) is 0.769. The third-order valence-electron chi connectivity index (χ3n) is 3.32. The van der Waals surface area contributed by atoms with Crippen molar-refractivity contribution in [1.29, 1.82) is 0 Å². The van der Waals surface area contributed by atoms with Crippen LogP contribution in [0.3, 0.4) is 0 Å². The number of aromatic nitrogens is 2. The average molecular weight is 237 g/mol. The van der Waals surface area contributed by atoms with E-state index < -0.39 is 0 Å². The Labute approximate surface area is 103 Å². The smallest absolute Gasteiger partial charge is 0.0762 e. The molecule has 0 radical (unpaired) electrons. The molecule has 1 aromatic heterocycles. The first-order valence-electron chi connectivity index (χ1n) is 6.56. The number of nitrogens with zero attached hydrogens (tertiary/aromatic N) is 2. The maximum atomic E-state index is 5.66. The van der Waals surface area contributed by atoms with Crippen LogP contribution in [0, 0.1) is 0 Å². The molecule has 4 nitrogen and oxygen atoms in total. The summed E-state index contributed by atoms with van der Waals surface area (Å²) in [5.74, 6) is 0. The average Bonchev–Trinajstić information content (AvgIpc) is 2.97. The molecule has 0 bridgehead atoms. The van der Waals surface area contributed by atoms with Crippen LogP contribution < -0.4 is 5.32 Å². The molecule has 0 aliphatic carbocycles. The van der Waals surface area contributed by atoms with E-state index in [0.29, 0.717) is 18.2 Å². The van der Waals surface area contributed by atoms with Crippen LogP contribution in [0.5, 0.6) is 0 Å². The maximum Gasteiger partial charge on any atom is 0.0762 e. The number of hydrogen-bond acceptors (Lipinski definition) is 3. The van der Waals surface area contributed by atoms with Crippen molar-refractivity contribution in [2.24, 2.45) is 0 Å². The Balaban J connectivity index is 1.80. The van der Waals surface area contributed by atoms with Gasteiger partial charge in [0.15, 0.2) is 0 Å². The molecular weight excluding hydrogens is 214 g/mol. The van der Waals surface area contributed by atoms with E-state index in [0.717, 1.165) is 18.8 Å². The van der Waals surface area contributed by atoms with Gasteiger partial charge in [-0.05, 0) is 39.7 Å². The van der Waals surface area contributed by atoms with Crippen molar-refractivity contribution in [3.8, 4) is 0 Å². The molecule has 2 rings (SSSR count). The van der Waals surface area contributed by atoms with E-state index in [-0.39, 0.29) is 0 Å².